The molecule has 1 unspecified atom stereocenters. The van der Waals surface area contributed by atoms with Gasteiger partial charge >= 0.3 is 0 Å². The summed E-state index contributed by atoms with van der Waals surface area (Å²) in [6.45, 7) is 2.02. The molecule has 1 N–H and O–H groups in total. The molecule has 0 radical (unpaired) electrons. The zero-order valence-corrected chi connectivity index (χ0v) is 10.9. The van der Waals surface area contributed by atoms with Crippen molar-refractivity contribution in [2.24, 2.45) is 0 Å². The second kappa shape index (κ2) is 5.43. The van der Waals surface area contributed by atoms with Crippen LogP contribution in [0, 0.1) is 0 Å². The van der Waals surface area contributed by atoms with Gasteiger partial charge in [0, 0.05) is 18.6 Å². The minimum atomic E-state index is 0.00942. The lowest BCUT2D eigenvalue weighted by molar-refractivity contribution is 0.806. The number of pyridine rings is 1. The third-order valence-electron chi connectivity index (χ3n) is 2.82. The van der Waals surface area contributed by atoms with Crippen LogP contribution in [-0.2, 0) is 0 Å². The normalized spacial score (nSPS) is 12.1. The topological polar surface area (TPSA) is 81.4 Å². The van der Waals surface area contributed by atoms with Gasteiger partial charge in [-0.3, -0.25) is 9.97 Å². The summed E-state index contributed by atoms with van der Waals surface area (Å²) in [6.07, 6.45) is 9.87. The fourth-order valence-electron chi connectivity index (χ4n) is 1.85. The number of anilines is 1. The van der Waals surface area contributed by atoms with Crippen LogP contribution < -0.4 is 5.32 Å². The van der Waals surface area contributed by atoms with Crippen LogP contribution in [0.5, 0.6) is 0 Å². The van der Waals surface area contributed by atoms with E-state index in [9.17, 15) is 0 Å². The van der Waals surface area contributed by atoms with E-state index >= 15 is 0 Å². The Hall–Kier alpha value is -2.83. The van der Waals surface area contributed by atoms with Crippen molar-refractivity contribution in [2.45, 2.75) is 13.0 Å². The molecule has 7 heteroatoms. The van der Waals surface area contributed by atoms with Gasteiger partial charge in [-0.25, -0.2) is 14.6 Å². The average molecular weight is 267 g/mol. The van der Waals surface area contributed by atoms with Crippen molar-refractivity contribution in [1.82, 2.24) is 29.7 Å². The molecule has 0 aliphatic heterocycles. The summed E-state index contributed by atoms with van der Waals surface area (Å²) < 4.78 is 1.62. The van der Waals surface area contributed by atoms with Gasteiger partial charge in [0.15, 0.2) is 5.82 Å². The molecule has 0 spiro atoms. The Morgan fingerprint density at radius 1 is 1.15 bits per heavy atom. The summed E-state index contributed by atoms with van der Waals surface area (Å²) >= 11 is 0. The zero-order chi connectivity index (χ0) is 13.8. The highest BCUT2D eigenvalue weighted by molar-refractivity contribution is 5.56. The highest BCUT2D eigenvalue weighted by atomic mass is 15.3. The lowest BCUT2D eigenvalue weighted by Gasteiger charge is -2.16. The first kappa shape index (κ1) is 12.2. The van der Waals surface area contributed by atoms with Gasteiger partial charge in [-0.15, -0.1) is 0 Å². The minimum Gasteiger partial charge on any atom is -0.374 e. The number of hydrogen-bond acceptors (Lipinski definition) is 6. The molecule has 3 aromatic heterocycles. The highest BCUT2D eigenvalue weighted by Gasteiger charge is 2.11. The van der Waals surface area contributed by atoms with Gasteiger partial charge in [-0.2, -0.15) is 5.10 Å². The Balaban J connectivity index is 1.88. The Morgan fingerprint density at radius 2 is 2.10 bits per heavy atom. The molecule has 100 valence electrons. The first-order valence-electron chi connectivity index (χ1n) is 6.17. The molecule has 0 amide bonds. The number of rotatable bonds is 4. The maximum atomic E-state index is 4.33. The Bertz CT molecular complexity index is 666. The third kappa shape index (κ3) is 2.46. The van der Waals surface area contributed by atoms with E-state index in [2.05, 4.69) is 30.4 Å². The molecule has 0 saturated carbocycles. The lowest BCUT2D eigenvalue weighted by atomic mass is 10.2. The lowest BCUT2D eigenvalue weighted by Crippen LogP contribution is -2.12. The van der Waals surface area contributed by atoms with Gasteiger partial charge in [-0.1, -0.05) is 0 Å². The standard InChI is InChI=1S/C13H13N7/c1-10(12-7-14-5-6-16-12)19-11-3-2-4-17-13(11)20-9-15-8-18-20/h2-10,19H,1H3. The van der Waals surface area contributed by atoms with Crippen molar-refractivity contribution >= 4 is 5.69 Å². The SMILES string of the molecule is CC(Nc1cccnc1-n1cncn1)c1cnccn1. The summed E-state index contributed by atoms with van der Waals surface area (Å²) in [5.74, 6) is 0.695. The largest absolute Gasteiger partial charge is 0.374 e. The van der Waals surface area contributed by atoms with Crippen LogP contribution in [0.4, 0.5) is 5.69 Å². The molecule has 3 heterocycles. The van der Waals surface area contributed by atoms with Crippen LogP contribution in [0.3, 0.4) is 0 Å². The molecule has 20 heavy (non-hydrogen) atoms. The van der Waals surface area contributed by atoms with E-state index in [1.807, 2.05) is 19.1 Å². The second-order valence-electron chi connectivity index (χ2n) is 4.21. The van der Waals surface area contributed by atoms with Gasteiger partial charge in [-0.05, 0) is 19.1 Å². The summed E-state index contributed by atoms with van der Waals surface area (Å²) in [4.78, 5) is 16.6. The molecule has 0 aliphatic carbocycles. The van der Waals surface area contributed by atoms with Crippen LogP contribution in [0.1, 0.15) is 18.7 Å². The maximum Gasteiger partial charge on any atom is 0.178 e. The summed E-state index contributed by atoms with van der Waals surface area (Å²) in [7, 11) is 0. The van der Waals surface area contributed by atoms with Crippen molar-refractivity contribution < 1.29 is 0 Å². The van der Waals surface area contributed by atoms with Crippen LogP contribution in [0.25, 0.3) is 5.82 Å². The molecule has 7 nitrogen and oxygen atoms in total. The number of nitrogens with zero attached hydrogens (tertiary/aromatic N) is 6. The zero-order valence-electron chi connectivity index (χ0n) is 10.9. The predicted octanol–water partition coefficient (Wildman–Crippen LogP) is 1.63. The van der Waals surface area contributed by atoms with E-state index in [-0.39, 0.29) is 6.04 Å². The first-order chi connectivity index (χ1) is 9.84. The van der Waals surface area contributed by atoms with Crippen LogP contribution in [0.2, 0.25) is 0 Å². The van der Waals surface area contributed by atoms with Crippen molar-refractivity contribution in [3.05, 3.63) is 55.3 Å². The number of aromatic nitrogens is 6. The van der Waals surface area contributed by atoms with Crippen molar-refractivity contribution in [1.29, 1.82) is 0 Å². The van der Waals surface area contributed by atoms with Crippen LogP contribution >= 0.6 is 0 Å². The number of nitrogens with one attached hydrogen (secondary N) is 1. The fraction of sp³-hybridized carbons (Fsp3) is 0.154. The van der Waals surface area contributed by atoms with Gasteiger partial charge in [0.25, 0.3) is 0 Å². The average Bonchev–Trinajstić information content (AvgIpc) is 3.03. The third-order valence-corrected chi connectivity index (χ3v) is 2.82. The molecule has 0 bridgehead atoms. The van der Waals surface area contributed by atoms with Gasteiger partial charge in [0.2, 0.25) is 0 Å². The Morgan fingerprint density at radius 3 is 2.85 bits per heavy atom. The second-order valence-corrected chi connectivity index (χ2v) is 4.21. The van der Waals surface area contributed by atoms with E-state index in [4.69, 9.17) is 0 Å². The summed E-state index contributed by atoms with van der Waals surface area (Å²) in [6, 6.07) is 3.82. The van der Waals surface area contributed by atoms with Gasteiger partial charge < -0.3 is 5.32 Å². The summed E-state index contributed by atoms with van der Waals surface area (Å²) in [5.41, 5.74) is 1.72. The van der Waals surface area contributed by atoms with Gasteiger partial charge in [0.05, 0.1) is 23.6 Å². The molecular formula is C13H13N7. The van der Waals surface area contributed by atoms with Crippen LogP contribution in [0.15, 0.2) is 49.6 Å². The molecule has 0 aromatic carbocycles. The fourth-order valence-corrected chi connectivity index (χ4v) is 1.85. The molecular weight excluding hydrogens is 254 g/mol. The highest BCUT2D eigenvalue weighted by Crippen LogP contribution is 2.21. The molecule has 0 fully saturated rings. The van der Waals surface area contributed by atoms with Gasteiger partial charge in [0.1, 0.15) is 12.7 Å². The van der Waals surface area contributed by atoms with E-state index in [1.165, 1.54) is 6.33 Å². The van der Waals surface area contributed by atoms with E-state index < -0.39 is 0 Å². The van der Waals surface area contributed by atoms with Crippen LogP contribution in [-0.4, -0.2) is 29.7 Å². The molecule has 1 atom stereocenters. The molecule has 0 aliphatic rings. The van der Waals surface area contributed by atoms with E-state index in [0.717, 1.165) is 11.4 Å². The maximum absolute atomic E-state index is 4.33. The van der Waals surface area contributed by atoms with Crippen molar-refractivity contribution in [3.8, 4) is 5.82 Å². The Labute approximate surface area is 115 Å². The molecule has 3 rings (SSSR count). The first-order valence-corrected chi connectivity index (χ1v) is 6.17. The smallest absolute Gasteiger partial charge is 0.178 e. The number of hydrogen-bond donors (Lipinski definition) is 1. The summed E-state index contributed by atoms with van der Waals surface area (Å²) in [5, 5.41) is 7.46. The quantitative estimate of drug-likeness (QED) is 0.773. The van der Waals surface area contributed by atoms with Crippen molar-refractivity contribution in [2.75, 3.05) is 5.32 Å². The van der Waals surface area contributed by atoms with Crippen molar-refractivity contribution in [3.63, 3.8) is 0 Å². The molecule has 3 aromatic rings. The monoisotopic (exact) mass is 267 g/mol. The Kier molecular flexibility index (Phi) is 3.32. The molecule has 0 saturated heterocycles. The predicted molar refractivity (Wildman–Crippen MR) is 73.2 cm³/mol. The van der Waals surface area contributed by atoms with E-state index in [0.29, 0.717) is 5.82 Å². The van der Waals surface area contributed by atoms with E-state index in [1.54, 1.807) is 35.8 Å². The minimum absolute atomic E-state index is 0.00942.